The molecule has 6 nitrogen and oxygen atoms in total. The summed E-state index contributed by atoms with van der Waals surface area (Å²) in [5, 5.41) is 1.17. The van der Waals surface area contributed by atoms with Gasteiger partial charge in [0.05, 0.1) is 17.2 Å². The Morgan fingerprint density at radius 1 is 1.22 bits per heavy atom. The van der Waals surface area contributed by atoms with Crippen LogP contribution in [0.3, 0.4) is 0 Å². The second-order valence-corrected chi connectivity index (χ2v) is 8.79. The average Bonchev–Trinajstić information content (AvgIpc) is 2.51. The summed E-state index contributed by atoms with van der Waals surface area (Å²) in [5.74, 6) is 0. The van der Waals surface area contributed by atoms with Crippen LogP contribution in [0.4, 0.5) is 0 Å². The van der Waals surface area contributed by atoms with Gasteiger partial charge in [0.2, 0.25) is 10.0 Å². The first kappa shape index (κ1) is 16.3. The van der Waals surface area contributed by atoms with Crippen LogP contribution in [0.1, 0.15) is 32.1 Å². The van der Waals surface area contributed by atoms with Crippen LogP contribution in [-0.2, 0) is 10.0 Å². The summed E-state index contributed by atoms with van der Waals surface area (Å²) in [7, 11) is -3.57. The lowest BCUT2D eigenvalue weighted by Crippen LogP contribution is -2.35. The number of para-hydroxylation sites is 1. The van der Waals surface area contributed by atoms with Crippen molar-refractivity contribution in [2.45, 2.75) is 42.5 Å². The Morgan fingerprint density at radius 2 is 1.91 bits per heavy atom. The largest absolute Gasteiger partial charge is 0.281 e. The van der Waals surface area contributed by atoms with Crippen molar-refractivity contribution in [2.75, 3.05) is 11.1 Å². The van der Waals surface area contributed by atoms with Crippen molar-refractivity contribution in [1.29, 1.82) is 0 Å². The zero-order valence-corrected chi connectivity index (χ0v) is 14.5. The molecular weight excluding hydrogens is 334 g/mol. The zero-order valence-electron chi connectivity index (χ0n) is 12.9. The minimum Gasteiger partial charge on any atom is -0.267 e. The van der Waals surface area contributed by atoms with Gasteiger partial charge >= 0.3 is 0 Å². The topological polar surface area (TPSA) is 81.1 Å². The Hall–Kier alpha value is -1.54. The fraction of sp³-hybridized carbons (Fsp3) is 0.467. The van der Waals surface area contributed by atoms with Crippen LogP contribution >= 0.6 is 11.8 Å². The van der Waals surface area contributed by atoms with E-state index >= 15 is 0 Å². The minimum atomic E-state index is -3.57. The number of aromatic nitrogens is 2. The SMILES string of the molecule is CS(=O)(=O)Nn1c(SC2CCCCC2)nc2ccccc2c1=O. The number of nitrogens with zero attached hydrogens (tertiary/aromatic N) is 2. The van der Waals surface area contributed by atoms with E-state index in [1.54, 1.807) is 18.2 Å². The molecule has 0 saturated heterocycles. The first-order valence-electron chi connectivity index (χ1n) is 7.60. The van der Waals surface area contributed by atoms with Gasteiger partial charge < -0.3 is 0 Å². The molecule has 1 aliphatic carbocycles. The quantitative estimate of drug-likeness (QED) is 0.853. The van der Waals surface area contributed by atoms with E-state index in [0.717, 1.165) is 36.6 Å². The molecule has 1 aromatic heterocycles. The number of hydrogen-bond donors (Lipinski definition) is 1. The molecule has 1 fully saturated rings. The van der Waals surface area contributed by atoms with Gasteiger partial charge in [-0.2, -0.15) is 4.68 Å². The normalized spacial score (nSPS) is 16.6. The summed E-state index contributed by atoms with van der Waals surface area (Å²) in [6.45, 7) is 0. The standard InChI is InChI=1S/C15H19N3O3S2/c1-23(20,21)17-18-14(19)12-9-5-6-10-13(12)16-15(18)22-11-7-3-2-4-8-11/h5-6,9-11,17H,2-4,7-8H2,1H3. The van der Waals surface area contributed by atoms with Crippen LogP contribution in [0.5, 0.6) is 0 Å². The number of fused-ring (bicyclic) bond motifs is 1. The van der Waals surface area contributed by atoms with Crippen LogP contribution in [0.2, 0.25) is 0 Å². The molecule has 1 heterocycles. The number of sulfonamides is 1. The molecule has 0 aliphatic heterocycles. The van der Waals surface area contributed by atoms with Crippen LogP contribution in [0, 0.1) is 0 Å². The lowest BCUT2D eigenvalue weighted by molar-refractivity contribution is 0.514. The third-order valence-electron chi connectivity index (χ3n) is 3.83. The van der Waals surface area contributed by atoms with E-state index in [4.69, 9.17) is 0 Å². The van der Waals surface area contributed by atoms with E-state index < -0.39 is 10.0 Å². The molecule has 124 valence electrons. The molecule has 0 spiro atoms. The van der Waals surface area contributed by atoms with Gasteiger partial charge in [0.1, 0.15) is 0 Å². The molecule has 3 rings (SSSR count). The Kier molecular flexibility index (Phi) is 4.63. The summed E-state index contributed by atoms with van der Waals surface area (Å²) in [6, 6.07) is 6.98. The van der Waals surface area contributed by atoms with Gasteiger partial charge in [0.25, 0.3) is 5.56 Å². The fourth-order valence-electron chi connectivity index (χ4n) is 2.77. The van der Waals surface area contributed by atoms with E-state index in [9.17, 15) is 13.2 Å². The zero-order chi connectivity index (χ0) is 16.4. The second kappa shape index (κ2) is 6.52. The molecule has 1 N–H and O–H groups in total. The van der Waals surface area contributed by atoms with Crippen molar-refractivity contribution in [2.24, 2.45) is 0 Å². The van der Waals surface area contributed by atoms with Gasteiger partial charge in [0, 0.05) is 5.25 Å². The van der Waals surface area contributed by atoms with Crippen LogP contribution in [-0.4, -0.2) is 29.6 Å². The van der Waals surface area contributed by atoms with Gasteiger partial charge in [-0.15, -0.1) is 0 Å². The van der Waals surface area contributed by atoms with Gasteiger partial charge in [0.15, 0.2) is 5.16 Å². The first-order valence-corrected chi connectivity index (χ1v) is 10.4. The summed E-state index contributed by atoms with van der Waals surface area (Å²) in [4.78, 5) is 19.5. The van der Waals surface area contributed by atoms with Crippen LogP contribution < -0.4 is 10.4 Å². The predicted octanol–water partition coefficient (Wildman–Crippen LogP) is 2.32. The lowest BCUT2D eigenvalue weighted by atomic mass is 10.0. The third-order valence-corrected chi connectivity index (χ3v) is 5.63. The molecule has 0 radical (unpaired) electrons. The molecule has 8 heteroatoms. The van der Waals surface area contributed by atoms with Crippen molar-refractivity contribution < 1.29 is 8.42 Å². The molecule has 0 unspecified atom stereocenters. The molecule has 0 amide bonds. The Balaban J connectivity index is 2.09. The van der Waals surface area contributed by atoms with Crippen LogP contribution in [0.15, 0.2) is 34.2 Å². The number of benzene rings is 1. The van der Waals surface area contributed by atoms with Crippen molar-refractivity contribution in [3.63, 3.8) is 0 Å². The minimum absolute atomic E-state index is 0.365. The Labute approximate surface area is 139 Å². The number of hydrogen-bond acceptors (Lipinski definition) is 5. The molecule has 0 atom stereocenters. The molecular formula is C15H19N3O3S2. The van der Waals surface area contributed by atoms with Gasteiger partial charge in [-0.05, 0) is 25.0 Å². The molecule has 1 aliphatic rings. The average molecular weight is 353 g/mol. The van der Waals surface area contributed by atoms with E-state index in [1.807, 2.05) is 6.07 Å². The van der Waals surface area contributed by atoms with Crippen LogP contribution in [0.25, 0.3) is 10.9 Å². The maximum atomic E-state index is 12.7. The Morgan fingerprint density at radius 3 is 2.61 bits per heavy atom. The highest BCUT2D eigenvalue weighted by Gasteiger charge is 2.20. The number of rotatable bonds is 4. The van der Waals surface area contributed by atoms with E-state index in [2.05, 4.69) is 9.82 Å². The summed E-state index contributed by atoms with van der Waals surface area (Å²) in [5.41, 5.74) is 0.196. The van der Waals surface area contributed by atoms with Crippen molar-refractivity contribution in [3.05, 3.63) is 34.6 Å². The molecule has 0 bridgehead atoms. The number of nitrogens with one attached hydrogen (secondary N) is 1. The third kappa shape index (κ3) is 3.87. The maximum Gasteiger partial charge on any atom is 0.281 e. The van der Waals surface area contributed by atoms with Crippen molar-refractivity contribution >= 4 is 32.7 Å². The highest BCUT2D eigenvalue weighted by Crippen LogP contribution is 2.32. The van der Waals surface area contributed by atoms with Gasteiger partial charge in [-0.25, -0.2) is 18.2 Å². The van der Waals surface area contributed by atoms with Gasteiger partial charge in [-0.1, -0.05) is 43.2 Å². The van der Waals surface area contributed by atoms with Crippen molar-refractivity contribution in [1.82, 2.24) is 9.66 Å². The van der Waals surface area contributed by atoms with E-state index in [0.29, 0.717) is 21.3 Å². The highest BCUT2D eigenvalue weighted by molar-refractivity contribution is 7.99. The molecule has 2 aromatic rings. The van der Waals surface area contributed by atoms with E-state index in [1.165, 1.54) is 18.2 Å². The van der Waals surface area contributed by atoms with E-state index in [-0.39, 0.29) is 5.56 Å². The summed E-state index contributed by atoms with van der Waals surface area (Å²) < 4.78 is 24.3. The lowest BCUT2D eigenvalue weighted by Gasteiger charge is -2.22. The highest BCUT2D eigenvalue weighted by atomic mass is 32.2. The maximum absolute atomic E-state index is 12.7. The summed E-state index contributed by atoms with van der Waals surface area (Å²) in [6.07, 6.45) is 6.71. The first-order chi connectivity index (χ1) is 10.9. The predicted molar refractivity (Wildman–Crippen MR) is 92.9 cm³/mol. The fourth-order valence-corrected chi connectivity index (χ4v) is 4.58. The monoisotopic (exact) mass is 353 g/mol. The smallest absolute Gasteiger partial charge is 0.267 e. The summed E-state index contributed by atoms with van der Waals surface area (Å²) >= 11 is 1.49. The van der Waals surface area contributed by atoms with Crippen molar-refractivity contribution in [3.8, 4) is 0 Å². The van der Waals surface area contributed by atoms with Gasteiger partial charge in [-0.3, -0.25) is 4.79 Å². The molecule has 1 aromatic carbocycles. The molecule has 1 saturated carbocycles. The second-order valence-electron chi connectivity index (χ2n) is 5.79. The Bertz CT molecular complexity index is 871. The molecule has 23 heavy (non-hydrogen) atoms. The number of thioether (sulfide) groups is 1.